The number of phosphoric ester groups is 1. The van der Waals surface area contributed by atoms with Gasteiger partial charge in [-0.15, -0.1) is 0 Å². The van der Waals surface area contributed by atoms with Crippen molar-refractivity contribution in [3.63, 3.8) is 0 Å². The molecule has 28 heavy (non-hydrogen) atoms. The molecule has 0 spiro atoms. The second-order valence-electron chi connectivity index (χ2n) is 6.55. The summed E-state index contributed by atoms with van der Waals surface area (Å²) in [4.78, 5) is 32.5. The number of aliphatic hydroxyl groups excluding tert-OH is 1. The topological polar surface area (TPSA) is 131 Å². The molecule has 0 rings (SSSR count). The molecule has 0 aromatic carbocycles. The first-order valence-corrected chi connectivity index (χ1v) is 11.5. The summed E-state index contributed by atoms with van der Waals surface area (Å²) < 4.78 is 25.9. The van der Waals surface area contributed by atoms with Crippen LogP contribution in [0.2, 0.25) is 0 Å². The van der Waals surface area contributed by atoms with Crippen LogP contribution in [0.1, 0.15) is 71.6 Å². The van der Waals surface area contributed by atoms with E-state index < -0.39 is 26.5 Å². The molecule has 0 bridgehead atoms. The minimum Gasteiger partial charge on any atom is -0.463 e. The minimum absolute atomic E-state index is 0.0818. The van der Waals surface area contributed by atoms with E-state index in [-0.39, 0.29) is 32.1 Å². The highest BCUT2D eigenvalue weighted by molar-refractivity contribution is 7.47. The van der Waals surface area contributed by atoms with E-state index in [0.29, 0.717) is 6.42 Å². The molecule has 0 radical (unpaired) electrons. The highest BCUT2D eigenvalue weighted by Crippen LogP contribution is 2.42. The number of amides is 1. The number of ether oxygens (including phenoxy) is 1. The van der Waals surface area contributed by atoms with Crippen LogP contribution in [0.15, 0.2) is 0 Å². The number of esters is 1. The van der Waals surface area contributed by atoms with E-state index >= 15 is 0 Å². The van der Waals surface area contributed by atoms with E-state index in [4.69, 9.17) is 9.26 Å². The number of hydrogen-bond acceptors (Lipinski definition) is 7. The molecule has 2 unspecified atom stereocenters. The van der Waals surface area contributed by atoms with E-state index in [1.807, 2.05) is 6.92 Å². The summed E-state index contributed by atoms with van der Waals surface area (Å²) in [6, 6.07) is 0. The van der Waals surface area contributed by atoms with Crippen LogP contribution in [0, 0.1) is 0 Å². The van der Waals surface area contributed by atoms with Gasteiger partial charge in [-0.3, -0.25) is 18.6 Å². The zero-order chi connectivity index (χ0) is 21.3. The largest absolute Gasteiger partial charge is 0.472 e. The Labute approximate surface area is 167 Å². The van der Waals surface area contributed by atoms with Crippen LogP contribution in [0.5, 0.6) is 0 Å². The SMILES string of the molecule is CCCCCCC(=O)NCCOP(=O)(O)OCC(O)COC(=O)CCCCC. The van der Waals surface area contributed by atoms with Gasteiger partial charge in [-0.25, -0.2) is 4.57 Å². The summed E-state index contributed by atoms with van der Waals surface area (Å²) in [5.41, 5.74) is 0. The zero-order valence-corrected chi connectivity index (χ0v) is 18.0. The predicted molar refractivity (Wildman–Crippen MR) is 105 cm³/mol. The number of nitrogens with one attached hydrogen (secondary N) is 1. The average molecular weight is 425 g/mol. The van der Waals surface area contributed by atoms with Crippen molar-refractivity contribution in [1.29, 1.82) is 0 Å². The molecule has 0 saturated carbocycles. The molecule has 0 aliphatic carbocycles. The molecule has 9 nitrogen and oxygen atoms in total. The Morgan fingerprint density at radius 1 is 0.964 bits per heavy atom. The molecule has 1 amide bonds. The van der Waals surface area contributed by atoms with Gasteiger partial charge in [0.15, 0.2) is 0 Å². The van der Waals surface area contributed by atoms with Crippen LogP contribution >= 0.6 is 7.82 Å². The Kier molecular flexibility index (Phi) is 16.3. The molecule has 0 saturated heterocycles. The lowest BCUT2D eigenvalue weighted by molar-refractivity contribution is -0.147. The van der Waals surface area contributed by atoms with Gasteiger partial charge in [-0.1, -0.05) is 46.0 Å². The van der Waals surface area contributed by atoms with Crippen LogP contribution in [0.3, 0.4) is 0 Å². The summed E-state index contributed by atoms with van der Waals surface area (Å²) in [5.74, 6) is -0.564. The van der Waals surface area contributed by atoms with Crippen molar-refractivity contribution in [2.24, 2.45) is 0 Å². The monoisotopic (exact) mass is 425 g/mol. The van der Waals surface area contributed by atoms with Crippen molar-refractivity contribution < 1.29 is 37.9 Å². The smallest absolute Gasteiger partial charge is 0.463 e. The van der Waals surface area contributed by atoms with Crippen molar-refractivity contribution in [3.05, 3.63) is 0 Å². The number of carbonyl (C=O) groups is 2. The van der Waals surface area contributed by atoms with Gasteiger partial charge in [-0.05, 0) is 12.8 Å². The number of aliphatic hydroxyl groups is 1. The fourth-order valence-corrected chi connectivity index (χ4v) is 2.96. The third kappa shape index (κ3) is 17.1. The van der Waals surface area contributed by atoms with E-state index in [1.54, 1.807) is 0 Å². The van der Waals surface area contributed by atoms with Gasteiger partial charge in [-0.2, -0.15) is 0 Å². The molecule has 0 aromatic rings. The molecule has 10 heteroatoms. The van der Waals surface area contributed by atoms with Gasteiger partial charge in [0.1, 0.15) is 12.7 Å². The van der Waals surface area contributed by atoms with E-state index in [2.05, 4.69) is 16.8 Å². The highest BCUT2D eigenvalue weighted by Gasteiger charge is 2.23. The maximum Gasteiger partial charge on any atom is 0.472 e. The van der Waals surface area contributed by atoms with Gasteiger partial charge in [0.05, 0.1) is 13.2 Å². The van der Waals surface area contributed by atoms with E-state index in [0.717, 1.165) is 44.9 Å². The Morgan fingerprint density at radius 3 is 2.29 bits per heavy atom. The first-order chi connectivity index (χ1) is 13.3. The lowest BCUT2D eigenvalue weighted by atomic mass is 10.1. The number of unbranched alkanes of at least 4 members (excludes halogenated alkanes) is 5. The van der Waals surface area contributed by atoms with Crippen LogP contribution < -0.4 is 5.32 Å². The van der Waals surface area contributed by atoms with Gasteiger partial charge < -0.3 is 20.1 Å². The van der Waals surface area contributed by atoms with Crippen molar-refractivity contribution >= 4 is 19.7 Å². The molecule has 0 aromatic heterocycles. The van der Waals surface area contributed by atoms with Gasteiger partial charge in [0.25, 0.3) is 0 Å². The second kappa shape index (κ2) is 16.9. The van der Waals surface area contributed by atoms with Crippen LogP contribution in [0.4, 0.5) is 0 Å². The Bertz CT molecular complexity index is 475. The lowest BCUT2D eigenvalue weighted by Gasteiger charge is -2.15. The van der Waals surface area contributed by atoms with Crippen molar-refractivity contribution in [2.75, 3.05) is 26.4 Å². The fraction of sp³-hybridized carbons (Fsp3) is 0.889. The molecule has 0 heterocycles. The standard InChI is InChI=1S/C18H36NO8P/c1-3-5-7-9-10-17(21)19-12-13-26-28(23,24)27-15-16(20)14-25-18(22)11-8-6-4-2/h16,20H,3-15H2,1-2H3,(H,19,21)(H,23,24). The fourth-order valence-electron chi connectivity index (χ4n) is 2.20. The highest BCUT2D eigenvalue weighted by atomic mass is 31.2. The number of carbonyl (C=O) groups excluding carboxylic acids is 2. The van der Waals surface area contributed by atoms with Crippen molar-refractivity contribution in [2.45, 2.75) is 77.7 Å². The number of hydrogen-bond donors (Lipinski definition) is 3. The summed E-state index contributed by atoms with van der Waals surface area (Å²) in [5, 5.41) is 12.2. The average Bonchev–Trinajstić information content (AvgIpc) is 2.66. The molecular weight excluding hydrogens is 389 g/mol. The normalized spacial score (nSPS) is 14.3. The minimum atomic E-state index is -4.36. The zero-order valence-electron chi connectivity index (χ0n) is 17.1. The van der Waals surface area contributed by atoms with Gasteiger partial charge in [0.2, 0.25) is 5.91 Å². The van der Waals surface area contributed by atoms with Crippen LogP contribution in [-0.2, 0) is 27.9 Å². The summed E-state index contributed by atoms with van der Waals surface area (Å²) in [6.07, 6.45) is 6.06. The van der Waals surface area contributed by atoms with Crippen LogP contribution in [0.25, 0.3) is 0 Å². The quantitative estimate of drug-likeness (QED) is 0.174. The summed E-state index contributed by atoms with van der Waals surface area (Å²) >= 11 is 0. The van der Waals surface area contributed by atoms with Crippen LogP contribution in [-0.4, -0.2) is 54.3 Å². The van der Waals surface area contributed by atoms with E-state index in [9.17, 15) is 24.2 Å². The number of phosphoric acid groups is 1. The Morgan fingerprint density at radius 2 is 1.61 bits per heavy atom. The Hall–Kier alpha value is -0.990. The maximum atomic E-state index is 11.7. The van der Waals surface area contributed by atoms with Crippen molar-refractivity contribution in [3.8, 4) is 0 Å². The summed E-state index contributed by atoms with van der Waals surface area (Å²) in [6.45, 7) is 3.16. The lowest BCUT2D eigenvalue weighted by Crippen LogP contribution is -2.27. The third-order valence-corrected chi connectivity index (χ3v) is 4.77. The first-order valence-electron chi connectivity index (χ1n) is 10.0. The summed E-state index contributed by atoms with van der Waals surface area (Å²) in [7, 11) is -4.36. The molecule has 0 aliphatic rings. The van der Waals surface area contributed by atoms with Gasteiger partial charge in [0, 0.05) is 19.4 Å². The predicted octanol–water partition coefficient (Wildman–Crippen LogP) is 2.69. The Balaban J connectivity index is 3.79. The third-order valence-electron chi connectivity index (χ3n) is 3.79. The molecular formula is C18H36NO8P. The molecule has 3 N–H and O–H groups in total. The molecule has 166 valence electrons. The number of rotatable bonds is 18. The molecule has 0 aliphatic heterocycles. The molecule has 2 atom stereocenters. The first kappa shape index (κ1) is 27.0. The second-order valence-corrected chi connectivity index (χ2v) is 8.01. The molecule has 0 fully saturated rings. The van der Waals surface area contributed by atoms with Crippen molar-refractivity contribution in [1.82, 2.24) is 5.32 Å². The maximum absolute atomic E-state index is 11.7. The van der Waals surface area contributed by atoms with E-state index in [1.165, 1.54) is 0 Å². The van der Waals surface area contributed by atoms with Gasteiger partial charge >= 0.3 is 13.8 Å².